The summed E-state index contributed by atoms with van der Waals surface area (Å²) in [7, 11) is 0. The number of halogens is 2. The van der Waals surface area contributed by atoms with Crippen LogP contribution in [-0.4, -0.2) is 27.8 Å². The smallest absolute Gasteiger partial charge is 0.257 e. The van der Waals surface area contributed by atoms with Crippen LogP contribution in [-0.2, 0) is 4.79 Å². The maximum Gasteiger partial charge on any atom is 0.257 e. The molecule has 6 nitrogen and oxygen atoms in total. The molecule has 0 aliphatic heterocycles. The van der Waals surface area contributed by atoms with Crippen molar-refractivity contribution in [1.82, 2.24) is 15.3 Å². The van der Waals surface area contributed by atoms with Crippen LogP contribution < -0.4 is 10.6 Å². The number of para-hydroxylation sites is 2. The number of benzene rings is 2. The van der Waals surface area contributed by atoms with Crippen LogP contribution in [0.25, 0.3) is 11.0 Å². The zero-order chi connectivity index (χ0) is 19.6. The number of carbonyl (C=O) groups is 2. The predicted molar refractivity (Wildman–Crippen MR) is 97.2 cm³/mol. The number of carbonyl (C=O) groups excluding carboxylic acids is 2. The van der Waals surface area contributed by atoms with E-state index in [2.05, 4.69) is 20.6 Å². The number of imidazole rings is 1. The third kappa shape index (κ3) is 3.94. The minimum absolute atomic E-state index is 0.221. The molecule has 0 spiro atoms. The number of nitrogens with one attached hydrogen (secondary N) is 3. The Morgan fingerprint density at radius 3 is 2.33 bits per heavy atom. The van der Waals surface area contributed by atoms with E-state index in [0.29, 0.717) is 5.52 Å². The van der Waals surface area contributed by atoms with Gasteiger partial charge in [0.2, 0.25) is 11.9 Å². The summed E-state index contributed by atoms with van der Waals surface area (Å²) in [5.74, 6) is -3.63. The Morgan fingerprint density at radius 1 is 1.04 bits per heavy atom. The van der Waals surface area contributed by atoms with Gasteiger partial charge in [0.1, 0.15) is 23.2 Å². The number of amides is 2. The molecule has 3 rings (SSSR count). The molecular weight excluding hydrogens is 354 g/mol. The zero-order valence-corrected chi connectivity index (χ0v) is 14.7. The first kappa shape index (κ1) is 18.5. The van der Waals surface area contributed by atoms with E-state index in [1.54, 1.807) is 26.0 Å². The largest absolute Gasteiger partial charge is 0.340 e. The van der Waals surface area contributed by atoms with Crippen molar-refractivity contribution in [2.75, 3.05) is 5.32 Å². The monoisotopic (exact) mass is 372 g/mol. The molecule has 1 aromatic heterocycles. The van der Waals surface area contributed by atoms with Crippen molar-refractivity contribution in [3.8, 4) is 0 Å². The Bertz CT molecular complexity index is 947. The quantitative estimate of drug-likeness (QED) is 0.643. The summed E-state index contributed by atoms with van der Waals surface area (Å²) in [5.41, 5.74) is 0.692. The van der Waals surface area contributed by atoms with Crippen LogP contribution in [0.15, 0.2) is 42.5 Å². The second kappa shape index (κ2) is 7.53. The number of rotatable bonds is 5. The number of aromatic nitrogens is 2. The van der Waals surface area contributed by atoms with E-state index in [-0.39, 0.29) is 11.9 Å². The summed E-state index contributed by atoms with van der Waals surface area (Å²) in [4.78, 5) is 32.1. The Kier molecular flexibility index (Phi) is 5.16. The lowest BCUT2D eigenvalue weighted by molar-refractivity contribution is -0.118. The molecule has 140 valence electrons. The van der Waals surface area contributed by atoms with Gasteiger partial charge in [0.15, 0.2) is 0 Å². The molecule has 0 saturated carbocycles. The summed E-state index contributed by atoms with van der Waals surface area (Å²) in [6, 6.07) is 9.35. The average Bonchev–Trinajstić information content (AvgIpc) is 3.01. The molecule has 1 unspecified atom stereocenters. The molecule has 0 aliphatic rings. The van der Waals surface area contributed by atoms with Gasteiger partial charge in [0.05, 0.1) is 11.0 Å². The fourth-order valence-corrected chi connectivity index (χ4v) is 2.67. The molecule has 8 heteroatoms. The Hall–Kier alpha value is -3.29. The number of hydrogen-bond donors (Lipinski definition) is 3. The highest BCUT2D eigenvalue weighted by Gasteiger charge is 2.27. The molecule has 1 atom stereocenters. The van der Waals surface area contributed by atoms with E-state index >= 15 is 0 Å². The van der Waals surface area contributed by atoms with Gasteiger partial charge in [-0.05, 0) is 30.2 Å². The number of aromatic amines is 1. The molecule has 27 heavy (non-hydrogen) atoms. The molecule has 0 radical (unpaired) electrons. The Morgan fingerprint density at radius 2 is 1.70 bits per heavy atom. The standard InChI is InChI=1S/C19H18F2N4O2/c1-10(2)16(24-17(26)15-11(20)6-5-7-12(15)21)18(27)25-19-22-13-8-3-4-9-14(13)23-19/h3-10,16H,1-2H3,(H,24,26)(H2,22,23,25,27). The molecule has 3 N–H and O–H groups in total. The summed E-state index contributed by atoms with van der Waals surface area (Å²) in [5, 5.41) is 4.99. The van der Waals surface area contributed by atoms with Gasteiger partial charge in [-0.25, -0.2) is 13.8 Å². The number of anilines is 1. The van der Waals surface area contributed by atoms with E-state index in [9.17, 15) is 18.4 Å². The van der Waals surface area contributed by atoms with Gasteiger partial charge in [-0.15, -0.1) is 0 Å². The van der Waals surface area contributed by atoms with Crippen molar-refractivity contribution in [1.29, 1.82) is 0 Å². The second-order valence-electron chi connectivity index (χ2n) is 6.38. The maximum atomic E-state index is 13.8. The van der Waals surface area contributed by atoms with Gasteiger partial charge >= 0.3 is 0 Å². The van der Waals surface area contributed by atoms with Crippen LogP contribution in [0, 0.1) is 17.6 Å². The molecular formula is C19H18F2N4O2. The second-order valence-corrected chi connectivity index (χ2v) is 6.38. The minimum atomic E-state index is -1.01. The van der Waals surface area contributed by atoms with Crippen molar-refractivity contribution in [3.63, 3.8) is 0 Å². The van der Waals surface area contributed by atoms with Gasteiger partial charge in [0, 0.05) is 0 Å². The van der Waals surface area contributed by atoms with E-state index < -0.39 is 35.1 Å². The number of fused-ring (bicyclic) bond motifs is 1. The third-order valence-corrected chi connectivity index (χ3v) is 4.06. The van der Waals surface area contributed by atoms with Gasteiger partial charge in [-0.3, -0.25) is 14.9 Å². The molecule has 2 amide bonds. The Balaban J connectivity index is 1.78. The molecule has 0 fully saturated rings. The van der Waals surface area contributed by atoms with Crippen molar-refractivity contribution in [3.05, 3.63) is 59.7 Å². The lowest BCUT2D eigenvalue weighted by Gasteiger charge is -2.21. The molecule has 0 bridgehead atoms. The minimum Gasteiger partial charge on any atom is -0.340 e. The van der Waals surface area contributed by atoms with Gasteiger partial charge in [-0.1, -0.05) is 32.0 Å². The summed E-state index contributed by atoms with van der Waals surface area (Å²) >= 11 is 0. The lowest BCUT2D eigenvalue weighted by Crippen LogP contribution is -2.47. The van der Waals surface area contributed by atoms with Crippen molar-refractivity contribution >= 4 is 28.8 Å². The first-order chi connectivity index (χ1) is 12.9. The lowest BCUT2D eigenvalue weighted by atomic mass is 10.0. The van der Waals surface area contributed by atoms with Gasteiger partial charge in [0.25, 0.3) is 5.91 Å². The van der Waals surface area contributed by atoms with Crippen LogP contribution in [0.4, 0.5) is 14.7 Å². The van der Waals surface area contributed by atoms with Crippen LogP contribution >= 0.6 is 0 Å². The van der Waals surface area contributed by atoms with Crippen molar-refractivity contribution in [2.45, 2.75) is 19.9 Å². The number of H-pyrrole nitrogens is 1. The van der Waals surface area contributed by atoms with Crippen LogP contribution in [0.5, 0.6) is 0 Å². The first-order valence-electron chi connectivity index (χ1n) is 8.37. The molecule has 2 aromatic carbocycles. The van der Waals surface area contributed by atoms with Crippen molar-refractivity contribution < 1.29 is 18.4 Å². The molecule has 3 aromatic rings. The van der Waals surface area contributed by atoms with E-state index in [1.807, 2.05) is 12.1 Å². The summed E-state index contributed by atoms with van der Waals surface area (Å²) in [6.45, 7) is 3.42. The molecule has 0 saturated heterocycles. The highest BCUT2D eigenvalue weighted by molar-refractivity contribution is 6.01. The topological polar surface area (TPSA) is 86.9 Å². The molecule has 0 aliphatic carbocycles. The highest BCUT2D eigenvalue weighted by Crippen LogP contribution is 2.16. The highest BCUT2D eigenvalue weighted by atomic mass is 19.1. The fraction of sp³-hybridized carbons (Fsp3) is 0.211. The zero-order valence-electron chi connectivity index (χ0n) is 14.7. The van der Waals surface area contributed by atoms with Crippen molar-refractivity contribution in [2.24, 2.45) is 5.92 Å². The number of nitrogens with zero attached hydrogens (tertiary/aromatic N) is 1. The third-order valence-electron chi connectivity index (χ3n) is 4.06. The van der Waals surface area contributed by atoms with E-state index in [4.69, 9.17) is 0 Å². The Labute approximate surface area is 154 Å². The van der Waals surface area contributed by atoms with Gasteiger partial charge < -0.3 is 10.3 Å². The fourth-order valence-electron chi connectivity index (χ4n) is 2.67. The average molecular weight is 372 g/mol. The molecule has 1 heterocycles. The predicted octanol–water partition coefficient (Wildman–Crippen LogP) is 3.23. The summed E-state index contributed by atoms with van der Waals surface area (Å²) in [6.07, 6.45) is 0. The van der Waals surface area contributed by atoms with Crippen LogP contribution in [0.1, 0.15) is 24.2 Å². The SMILES string of the molecule is CC(C)C(NC(=O)c1c(F)cccc1F)C(=O)Nc1nc2ccccc2[nH]1. The number of hydrogen-bond acceptors (Lipinski definition) is 3. The normalized spacial score (nSPS) is 12.2. The summed E-state index contributed by atoms with van der Waals surface area (Å²) < 4.78 is 27.6. The van der Waals surface area contributed by atoms with E-state index in [0.717, 1.165) is 23.7 Å². The maximum absolute atomic E-state index is 13.8. The van der Waals surface area contributed by atoms with E-state index in [1.165, 1.54) is 0 Å². The van der Waals surface area contributed by atoms with Crippen LogP contribution in [0.3, 0.4) is 0 Å². The van der Waals surface area contributed by atoms with Gasteiger partial charge in [-0.2, -0.15) is 0 Å². The first-order valence-corrected chi connectivity index (χ1v) is 8.37. The van der Waals surface area contributed by atoms with Crippen LogP contribution in [0.2, 0.25) is 0 Å².